The molecule has 6 heteroatoms. The highest BCUT2D eigenvalue weighted by molar-refractivity contribution is 6.05. The van der Waals surface area contributed by atoms with E-state index in [9.17, 15) is 4.79 Å². The first-order valence-corrected chi connectivity index (χ1v) is 8.34. The standard InChI is InChI=1S/C18H24N4O2/c1-18(2,3)22-12-14(11-20-22)17(23)21(13-16-5-4-10-24-16)15-6-8-19-9-7-15/h6-9,11-12,16H,4-5,10,13H2,1-3H3/t16-/m1/s1. The van der Waals surface area contributed by atoms with E-state index in [1.165, 1.54) is 0 Å². The summed E-state index contributed by atoms with van der Waals surface area (Å²) >= 11 is 0. The van der Waals surface area contributed by atoms with Gasteiger partial charge in [0.1, 0.15) is 0 Å². The van der Waals surface area contributed by atoms with Crippen LogP contribution in [0.25, 0.3) is 0 Å². The van der Waals surface area contributed by atoms with E-state index in [0.29, 0.717) is 12.1 Å². The summed E-state index contributed by atoms with van der Waals surface area (Å²) in [6, 6.07) is 3.70. The maximum Gasteiger partial charge on any atom is 0.261 e. The van der Waals surface area contributed by atoms with Crippen molar-refractivity contribution in [2.24, 2.45) is 0 Å². The van der Waals surface area contributed by atoms with Crippen LogP contribution >= 0.6 is 0 Å². The summed E-state index contributed by atoms with van der Waals surface area (Å²) in [5.41, 5.74) is 1.25. The average molecular weight is 328 g/mol. The van der Waals surface area contributed by atoms with Crippen LogP contribution in [0.3, 0.4) is 0 Å². The largest absolute Gasteiger partial charge is 0.376 e. The highest BCUT2D eigenvalue weighted by atomic mass is 16.5. The van der Waals surface area contributed by atoms with E-state index in [-0.39, 0.29) is 17.6 Å². The summed E-state index contributed by atoms with van der Waals surface area (Å²) < 4.78 is 7.54. The Hall–Kier alpha value is -2.21. The number of carbonyl (C=O) groups is 1. The molecule has 6 nitrogen and oxygen atoms in total. The van der Waals surface area contributed by atoms with Gasteiger partial charge in [-0.2, -0.15) is 5.10 Å². The molecule has 1 saturated heterocycles. The van der Waals surface area contributed by atoms with Gasteiger partial charge in [0.05, 0.1) is 29.9 Å². The zero-order chi connectivity index (χ0) is 17.2. The molecule has 0 bridgehead atoms. The third-order valence-corrected chi connectivity index (χ3v) is 4.15. The van der Waals surface area contributed by atoms with Crippen LogP contribution in [-0.2, 0) is 10.3 Å². The summed E-state index contributed by atoms with van der Waals surface area (Å²) in [6.45, 7) is 7.48. The molecule has 24 heavy (non-hydrogen) atoms. The number of aromatic nitrogens is 3. The fourth-order valence-corrected chi connectivity index (χ4v) is 2.78. The molecule has 1 aliphatic heterocycles. The normalized spacial score (nSPS) is 17.9. The van der Waals surface area contributed by atoms with Gasteiger partial charge >= 0.3 is 0 Å². The number of hydrogen-bond donors (Lipinski definition) is 0. The topological polar surface area (TPSA) is 60.2 Å². The Morgan fingerprint density at radius 3 is 2.71 bits per heavy atom. The molecule has 1 amide bonds. The number of hydrogen-bond acceptors (Lipinski definition) is 4. The van der Waals surface area contributed by atoms with Crippen molar-refractivity contribution in [2.75, 3.05) is 18.1 Å². The van der Waals surface area contributed by atoms with Gasteiger partial charge in [0.25, 0.3) is 5.91 Å². The maximum atomic E-state index is 13.1. The number of anilines is 1. The van der Waals surface area contributed by atoms with Crippen LogP contribution in [0.15, 0.2) is 36.9 Å². The van der Waals surface area contributed by atoms with Gasteiger partial charge in [-0.05, 0) is 45.7 Å². The van der Waals surface area contributed by atoms with Gasteiger partial charge in [0, 0.05) is 30.9 Å². The van der Waals surface area contributed by atoms with E-state index in [0.717, 1.165) is 25.1 Å². The van der Waals surface area contributed by atoms with E-state index in [2.05, 4.69) is 30.9 Å². The third-order valence-electron chi connectivity index (χ3n) is 4.15. The van der Waals surface area contributed by atoms with Crippen molar-refractivity contribution in [1.29, 1.82) is 0 Å². The van der Waals surface area contributed by atoms with E-state index in [1.54, 1.807) is 23.5 Å². The van der Waals surface area contributed by atoms with Crippen molar-refractivity contribution in [2.45, 2.75) is 45.3 Å². The minimum absolute atomic E-state index is 0.0628. The van der Waals surface area contributed by atoms with Crippen LogP contribution in [0.4, 0.5) is 5.69 Å². The van der Waals surface area contributed by atoms with Crippen molar-refractivity contribution >= 4 is 11.6 Å². The molecule has 0 unspecified atom stereocenters. The lowest BCUT2D eigenvalue weighted by Crippen LogP contribution is -2.37. The monoisotopic (exact) mass is 328 g/mol. The van der Waals surface area contributed by atoms with Gasteiger partial charge in [-0.15, -0.1) is 0 Å². The second kappa shape index (κ2) is 6.73. The fraction of sp³-hybridized carbons (Fsp3) is 0.500. The first kappa shape index (κ1) is 16.6. The third kappa shape index (κ3) is 3.64. The summed E-state index contributed by atoms with van der Waals surface area (Å²) in [5.74, 6) is -0.0628. The first-order chi connectivity index (χ1) is 11.4. The summed E-state index contributed by atoms with van der Waals surface area (Å²) in [4.78, 5) is 18.9. The molecule has 3 rings (SSSR count). The maximum absolute atomic E-state index is 13.1. The van der Waals surface area contributed by atoms with Crippen LogP contribution in [0.2, 0.25) is 0 Å². The molecule has 3 heterocycles. The minimum Gasteiger partial charge on any atom is -0.376 e. The molecule has 0 spiro atoms. The quantitative estimate of drug-likeness (QED) is 0.866. The number of nitrogens with zero attached hydrogens (tertiary/aromatic N) is 4. The van der Waals surface area contributed by atoms with Crippen molar-refractivity contribution in [3.63, 3.8) is 0 Å². The van der Waals surface area contributed by atoms with Crippen LogP contribution < -0.4 is 4.90 Å². The molecule has 0 N–H and O–H groups in total. The molecule has 128 valence electrons. The SMILES string of the molecule is CC(C)(C)n1cc(C(=O)N(C[C@H]2CCCO2)c2ccncc2)cn1. The van der Waals surface area contributed by atoms with E-state index >= 15 is 0 Å². The predicted octanol–water partition coefficient (Wildman–Crippen LogP) is 2.86. The molecule has 1 fully saturated rings. The lowest BCUT2D eigenvalue weighted by molar-refractivity contribution is 0.0917. The summed E-state index contributed by atoms with van der Waals surface area (Å²) in [6.07, 6.45) is 8.96. The smallest absolute Gasteiger partial charge is 0.261 e. The average Bonchev–Trinajstić information content (AvgIpc) is 3.24. The molecule has 2 aromatic rings. The van der Waals surface area contributed by atoms with Crippen LogP contribution in [0.1, 0.15) is 44.0 Å². The number of amides is 1. The molecule has 0 aromatic carbocycles. The number of rotatable bonds is 4. The highest BCUT2D eigenvalue weighted by Gasteiger charge is 2.26. The number of ether oxygens (including phenoxy) is 1. The predicted molar refractivity (Wildman–Crippen MR) is 92.1 cm³/mol. The summed E-state index contributed by atoms with van der Waals surface area (Å²) in [7, 11) is 0. The van der Waals surface area contributed by atoms with Gasteiger partial charge in [-0.25, -0.2) is 0 Å². The Morgan fingerprint density at radius 2 is 2.12 bits per heavy atom. The molecule has 2 aromatic heterocycles. The molecule has 1 aliphatic rings. The number of pyridine rings is 1. The highest BCUT2D eigenvalue weighted by Crippen LogP contribution is 2.22. The Balaban J connectivity index is 1.86. The zero-order valence-corrected chi connectivity index (χ0v) is 14.5. The lowest BCUT2D eigenvalue weighted by Gasteiger charge is -2.25. The Labute approximate surface area is 142 Å². The van der Waals surface area contributed by atoms with Gasteiger partial charge in [0.15, 0.2) is 0 Å². The molecule has 0 radical (unpaired) electrons. The first-order valence-electron chi connectivity index (χ1n) is 8.34. The summed E-state index contributed by atoms with van der Waals surface area (Å²) in [5, 5.41) is 4.34. The van der Waals surface area contributed by atoms with Crippen molar-refractivity contribution in [1.82, 2.24) is 14.8 Å². The Bertz CT molecular complexity index is 685. The minimum atomic E-state index is -0.158. The molecular weight excluding hydrogens is 304 g/mol. The van der Waals surface area contributed by atoms with E-state index in [1.807, 2.05) is 23.0 Å². The fourth-order valence-electron chi connectivity index (χ4n) is 2.78. The molecule has 0 saturated carbocycles. The zero-order valence-electron chi connectivity index (χ0n) is 14.5. The Morgan fingerprint density at radius 1 is 1.38 bits per heavy atom. The number of carbonyl (C=O) groups excluding carboxylic acids is 1. The van der Waals surface area contributed by atoms with Gasteiger partial charge in [-0.1, -0.05) is 0 Å². The van der Waals surface area contributed by atoms with Gasteiger partial charge < -0.3 is 9.64 Å². The van der Waals surface area contributed by atoms with Crippen LogP contribution in [0, 0.1) is 0 Å². The lowest BCUT2D eigenvalue weighted by atomic mass is 10.1. The van der Waals surface area contributed by atoms with Crippen molar-refractivity contribution in [3.05, 3.63) is 42.5 Å². The molecule has 0 aliphatic carbocycles. The second-order valence-corrected chi connectivity index (χ2v) is 7.10. The van der Waals surface area contributed by atoms with Crippen molar-refractivity contribution in [3.8, 4) is 0 Å². The van der Waals surface area contributed by atoms with Crippen LogP contribution in [-0.4, -0.2) is 39.9 Å². The van der Waals surface area contributed by atoms with E-state index < -0.39 is 0 Å². The van der Waals surface area contributed by atoms with Crippen molar-refractivity contribution < 1.29 is 9.53 Å². The molecule has 1 atom stereocenters. The van der Waals surface area contributed by atoms with Gasteiger partial charge in [0.2, 0.25) is 0 Å². The van der Waals surface area contributed by atoms with Gasteiger partial charge in [-0.3, -0.25) is 14.5 Å². The van der Waals surface area contributed by atoms with Crippen LogP contribution in [0.5, 0.6) is 0 Å². The Kier molecular flexibility index (Phi) is 4.66. The second-order valence-electron chi connectivity index (χ2n) is 7.10. The van der Waals surface area contributed by atoms with E-state index in [4.69, 9.17) is 4.74 Å². The molecular formula is C18H24N4O2.